The normalized spacial score (nSPS) is 17.6. The molecule has 0 bridgehead atoms. The summed E-state index contributed by atoms with van der Waals surface area (Å²) in [6.07, 6.45) is 0.784. The van der Waals surface area contributed by atoms with Crippen molar-refractivity contribution in [3.8, 4) is 0 Å². The minimum Gasteiger partial charge on any atom is -0.382 e. The van der Waals surface area contributed by atoms with E-state index < -0.39 is 0 Å². The van der Waals surface area contributed by atoms with Crippen LogP contribution in [0.25, 0.3) is 0 Å². The second kappa shape index (κ2) is 6.18. The van der Waals surface area contributed by atoms with E-state index in [0.717, 1.165) is 34.1 Å². The minimum atomic E-state index is -0.163. The number of carbonyl (C=O) groups is 1. The number of hydrogen-bond donors (Lipinski definition) is 0. The summed E-state index contributed by atoms with van der Waals surface area (Å²) in [5.41, 5.74) is 1.99. The first-order chi connectivity index (χ1) is 10.7. The van der Waals surface area contributed by atoms with Crippen LogP contribution in [0, 0.1) is 6.92 Å². The van der Waals surface area contributed by atoms with Crippen LogP contribution in [0.1, 0.15) is 38.9 Å². The Bertz CT molecular complexity index is 679. The number of fused-ring (bicyclic) bond motifs is 1. The Hall–Kier alpha value is -1.73. The molecule has 0 fully saturated rings. The highest BCUT2D eigenvalue weighted by atomic mass is 32.1. The highest BCUT2D eigenvalue weighted by molar-refractivity contribution is 7.13. The first kappa shape index (κ1) is 15.2. The number of thiophene rings is 1. The summed E-state index contributed by atoms with van der Waals surface area (Å²) < 4.78 is 7.25. The molecule has 1 aliphatic heterocycles. The van der Waals surface area contributed by atoms with Crippen molar-refractivity contribution in [2.75, 3.05) is 20.3 Å². The zero-order valence-electron chi connectivity index (χ0n) is 13.1. The van der Waals surface area contributed by atoms with Gasteiger partial charge in [0.25, 0.3) is 5.91 Å². The number of aromatic nitrogens is 3. The molecule has 0 aliphatic carbocycles. The van der Waals surface area contributed by atoms with Crippen molar-refractivity contribution in [1.29, 1.82) is 0 Å². The van der Waals surface area contributed by atoms with Gasteiger partial charge in [-0.2, -0.15) is 0 Å². The Morgan fingerprint density at radius 2 is 2.32 bits per heavy atom. The summed E-state index contributed by atoms with van der Waals surface area (Å²) in [6, 6.07) is 3.71. The van der Waals surface area contributed by atoms with Crippen LogP contribution < -0.4 is 0 Å². The fourth-order valence-corrected chi connectivity index (χ4v) is 3.73. The van der Waals surface area contributed by atoms with Crippen molar-refractivity contribution < 1.29 is 9.53 Å². The number of nitrogens with zero attached hydrogens (tertiary/aromatic N) is 4. The number of ether oxygens (including phenoxy) is 1. The highest BCUT2D eigenvalue weighted by Gasteiger charge is 2.35. The lowest BCUT2D eigenvalue weighted by Gasteiger charge is -2.34. The summed E-state index contributed by atoms with van der Waals surface area (Å²) in [6.45, 7) is 5.96. The molecular weight excluding hydrogens is 300 g/mol. The summed E-state index contributed by atoms with van der Waals surface area (Å²) >= 11 is 1.53. The van der Waals surface area contributed by atoms with Crippen molar-refractivity contribution in [2.24, 2.45) is 0 Å². The molecule has 0 saturated carbocycles. The van der Waals surface area contributed by atoms with Crippen LogP contribution in [0.15, 0.2) is 12.1 Å². The van der Waals surface area contributed by atoms with Gasteiger partial charge in [-0.05, 0) is 26.0 Å². The van der Waals surface area contributed by atoms with Gasteiger partial charge >= 0.3 is 0 Å². The van der Waals surface area contributed by atoms with E-state index in [-0.39, 0.29) is 11.9 Å². The number of methoxy groups -OCH3 is 1. The van der Waals surface area contributed by atoms with Crippen LogP contribution in [0.3, 0.4) is 0 Å². The fourth-order valence-electron chi connectivity index (χ4n) is 2.91. The molecule has 2 aromatic rings. The molecule has 7 heteroatoms. The lowest BCUT2D eigenvalue weighted by molar-refractivity contribution is 0.0495. The van der Waals surface area contributed by atoms with Crippen LogP contribution in [-0.4, -0.2) is 46.1 Å². The Morgan fingerprint density at radius 3 is 2.95 bits per heavy atom. The third-order valence-electron chi connectivity index (χ3n) is 3.99. The summed E-state index contributed by atoms with van der Waals surface area (Å²) in [5, 5.41) is 8.50. The molecule has 3 rings (SSSR count). The molecule has 1 atom stereocenters. The van der Waals surface area contributed by atoms with Gasteiger partial charge in [0.05, 0.1) is 17.2 Å². The van der Waals surface area contributed by atoms with Crippen molar-refractivity contribution in [1.82, 2.24) is 19.9 Å². The molecule has 0 aromatic carbocycles. The first-order valence-electron chi connectivity index (χ1n) is 7.44. The predicted octanol–water partition coefficient (Wildman–Crippen LogP) is 2.05. The largest absolute Gasteiger partial charge is 0.382 e. The quantitative estimate of drug-likeness (QED) is 0.865. The average Bonchev–Trinajstić information content (AvgIpc) is 3.13. The lowest BCUT2D eigenvalue weighted by atomic mass is 10.0. The van der Waals surface area contributed by atoms with Gasteiger partial charge in [-0.25, -0.2) is 4.68 Å². The topological polar surface area (TPSA) is 60.2 Å². The van der Waals surface area contributed by atoms with Gasteiger partial charge in [-0.3, -0.25) is 4.79 Å². The maximum atomic E-state index is 12.8. The van der Waals surface area contributed by atoms with Crippen LogP contribution in [0.2, 0.25) is 0 Å². The van der Waals surface area contributed by atoms with Gasteiger partial charge in [0.2, 0.25) is 0 Å². The van der Waals surface area contributed by atoms with E-state index in [1.54, 1.807) is 7.11 Å². The van der Waals surface area contributed by atoms with Gasteiger partial charge in [0.15, 0.2) is 0 Å². The summed E-state index contributed by atoms with van der Waals surface area (Å²) in [5.74, 6) is 0.0526. The number of rotatable bonds is 4. The van der Waals surface area contributed by atoms with Crippen molar-refractivity contribution in [3.63, 3.8) is 0 Å². The van der Waals surface area contributed by atoms with Gasteiger partial charge in [0.1, 0.15) is 11.7 Å². The van der Waals surface area contributed by atoms with E-state index in [1.165, 1.54) is 11.3 Å². The maximum absolute atomic E-state index is 12.8. The van der Waals surface area contributed by atoms with Crippen LogP contribution in [-0.2, 0) is 17.7 Å². The summed E-state index contributed by atoms with van der Waals surface area (Å²) in [7, 11) is 1.65. The van der Waals surface area contributed by atoms with E-state index in [4.69, 9.17) is 4.74 Å². The average molecular weight is 320 g/mol. The standard InChI is InChI=1S/C15H20N4O2S/c1-4-19-11-7-8-18(12(9-21-3)14(11)16-17-19)15(20)13-6-5-10(2)22-13/h5-6,12H,4,7-9H2,1-3H3/t12-/m0/s1. The van der Waals surface area contributed by atoms with Crippen LogP contribution in [0.5, 0.6) is 0 Å². The van der Waals surface area contributed by atoms with E-state index in [9.17, 15) is 4.79 Å². The highest BCUT2D eigenvalue weighted by Crippen LogP contribution is 2.30. The first-order valence-corrected chi connectivity index (χ1v) is 8.26. The molecule has 1 aliphatic rings. The molecule has 2 aromatic heterocycles. The lowest BCUT2D eigenvalue weighted by Crippen LogP contribution is -2.42. The minimum absolute atomic E-state index is 0.0526. The van der Waals surface area contributed by atoms with Gasteiger partial charge < -0.3 is 9.64 Å². The Morgan fingerprint density at radius 1 is 1.50 bits per heavy atom. The molecule has 0 unspecified atom stereocenters. The molecule has 118 valence electrons. The third kappa shape index (κ3) is 2.55. The van der Waals surface area contributed by atoms with Crippen LogP contribution >= 0.6 is 11.3 Å². The van der Waals surface area contributed by atoms with Crippen LogP contribution in [0.4, 0.5) is 0 Å². The second-order valence-corrected chi connectivity index (χ2v) is 6.66. The van der Waals surface area contributed by atoms with Crippen molar-refractivity contribution >= 4 is 17.2 Å². The number of carbonyl (C=O) groups excluding carboxylic acids is 1. The van der Waals surface area contributed by atoms with E-state index >= 15 is 0 Å². The molecule has 22 heavy (non-hydrogen) atoms. The van der Waals surface area contributed by atoms with Crippen molar-refractivity contribution in [2.45, 2.75) is 32.9 Å². The number of hydrogen-bond acceptors (Lipinski definition) is 5. The molecule has 3 heterocycles. The zero-order chi connectivity index (χ0) is 15.7. The Labute approximate surface area is 133 Å². The number of aryl methyl sites for hydroxylation is 2. The van der Waals surface area contributed by atoms with Gasteiger partial charge in [-0.1, -0.05) is 5.21 Å². The fraction of sp³-hybridized carbons (Fsp3) is 0.533. The predicted molar refractivity (Wildman–Crippen MR) is 84.1 cm³/mol. The van der Waals surface area contributed by atoms with Crippen molar-refractivity contribution in [3.05, 3.63) is 33.3 Å². The monoisotopic (exact) mass is 320 g/mol. The molecule has 0 saturated heterocycles. The van der Waals surface area contributed by atoms with E-state index in [0.29, 0.717) is 13.2 Å². The Balaban J connectivity index is 1.93. The SMILES string of the molecule is CCn1nnc2c1CCN(C(=O)c1ccc(C)s1)[C@H]2COC. The molecule has 0 radical (unpaired) electrons. The second-order valence-electron chi connectivity index (χ2n) is 5.37. The van der Waals surface area contributed by atoms with Gasteiger partial charge in [-0.15, -0.1) is 16.4 Å². The Kier molecular flexibility index (Phi) is 4.26. The smallest absolute Gasteiger partial charge is 0.264 e. The molecule has 6 nitrogen and oxygen atoms in total. The summed E-state index contributed by atoms with van der Waals surface area (Å²) in [4.78, 5) is 16.6. The maximum Gasteiger partial charge on any atom is 0.264 e. The molecule has 0 spiro atoms. The molecular formula is C15H20N4O2S. The van der Waals surface area contributed by atoms with E-state index in [1.807, 2.05) is 35.6 Å². The molecule has 1 amide bonds. The zero-order valence-corrected chi connectivity index (χ0v) is 13.9. The van der Waals surface area contributed by atoms with E-state index in [2.05, 4.69) is 10.3 Å². The molecule has 0 N–H and O–H groups in total. The number of amides is 1. The third-order valence-corrected chi connectivity index (χ3v) is 4.97. The van der Waals surface area contributed by atoms with Gasteiger partial charge in [0, 0.05) is 31.5 Å².